The van der Waals surface area contributed by atoms with Crippen LogP contribution in [0.15, 0.2) is 6.58 Å². The summed E-state index contributed by atoms with van der Waals surface area (Å²) in [4.78, 5) is 0. The molecule has 0 aromatic rings. The van der Waals surface area contributed by atoms with Crippen LogP contribution in [0, 0.1) is 6.58 Å². The third-order valence-electron chi connectivity index (χ3n) is 0. The second-order valence-electron chi connectivity index (χ2n) is 0. The zero-order chi connectivity index (χ0) is 2.00. The number of hydrogen-bond donors (Lipinski definition) is 0. The van der Waals surface area contributed by atoms with Gasteiger partial charge in [0.2, 0.25) is 0 Å². The summed E-state index contributed by atoms with van der Waals surface area (Å²) in [5.74, 6) is 0. The van der Waals surface area contributed by atoms with Crippen LogP contribution in [0.4, 0.5) is 0 Å². The predicted octanol–water partition coefficient (Wildman–Crippen LogP) is -2.77. The standard InChI is InChI=1S/C2H3.BrH.Mg/c1-2;;/h1H,2H2;1H;/q-1;;+2/p-1. The van der Waals surface area contributed by atoms with Crippen LogP contribution in [0.2, 0.25) is 0 Å². The summed E-state index contributed by atoms with van der Waals surface area (Å²) < 4.78 is 0. The van der Waals surface area contributed by atoms with Crippen molar-refractivity contribution in [1.82, 2.24) is 0 Å². The average molecular weight is 131 g/mol. The summed E-state index contributed by atoms with van der Waals surface area (Å²) in [5, 5.41) is 0. The van der Waals surface area contributed by atoms with Crippen molar-refractivity contribution >= 4 is 23.1 Å². The fourth-order valence-corrected chi connectivity index (χ4v) is 0. The molecule has 20 valence electrons. The van der Waals surface area contributed by atoms with E-state index in [-0.39, 0.29) is 40.0 Å². The quantitative estimate of drug-likeness (QED) is 0.247. The first-order valence-electron chi connectivity index (χ1n) is 0.408. The maximum atomic E-state index is 4.25. The summed E-state index contributed by atoms with van der Waals surface area (Å²) in [6, 6.07) is 0. The molecule has 0 fully saturated rings. The van der Waals surface area contributed by atoms with Crippen molar-refractivity contribution in [3.05, 3.63) is 13.2 Å². The van der Waals surface area contributed by atoms with Gasteiger partial charge in [-0.25, -0.2) is 0 Å². The van der Waals surface area contributed by atoms with Gasteiger partial charge in [0.15, 0.2) is 0 Å². The molecule has 0 aromatic heterocycles. The molecule has 0 amide bonds. The molecule has 0 unspecified atom stereocenters. The van der Waals surface area contributed by atoms with Crippen LogP contribution in [0.1, 0.15) is 0 Å². The second-order valence-corrected chi connectivity index (χ2v) is 0. The Hall–Kier alpha value is 0.986. The van der Waals surface area contributed by atoms with E-state index in [1.807, 2.05) is 0 Å². The Morgan fingerprint density at radius 3 is 1.25 bits per heavy atom. The van der Waals surface area contributed by atoms with Gasteiger partial charge >= 0.3 is 23.1 Å². The van der Waals surface area contributed by atoms with Crippen LogP contribution in [-0.2, 0) is 0 Å². The molecule has 0 heterocycles. The van der Waals surface area contributed by atoms with E-state index in [2.05, 4.69) is 13.2 Å². The van der Waals surface area contributed by atoms with Gasteiger partial charge in [-0.3, -0.25) is 6.58 Å². The van der Waals surface area contributed by atoms with Gasteiger partial charge in [0, 0.05) is 0 Å². The summed E-state index contributed by atoms with van der Waals surface area (Å²) in [6.45, 7) is 7.00. The van der Waals surface area contributed by atoms with E-state index in [1.165, 1.54) is 0 Å². The number of rotatable bonds is 0. The molecule has 0 aliphatic carbocycles. The van der Waals surface area contributed by atoms with Gasteiger partial charge in [-0.2, -0.15) is 0 Å². The van der Waals surface area contributed by atoms with Crippen molar-refractivity contribution in [2.24, 2.45) is 0 Å². The second kappa shape index (κ2) is 36.5. The van der Waals surface area contributed by atoms with E-state index in [1.54, 1.807) is 0 Å². The molecule has 0 bridgehead atoms. The molecule has 2 heteroatoms. The van der Waals surface area contributed by atoms with E-state index in [0.29, 0.717) is 0 Å². The molecule has 4 heavy (non-hydrogen) atoms. The van der Waals surface area contributed by atoms with Crippen molar-refractivity contribution < 1.29 is 17.0 Å². The van der Waals surface area contributed by atoms with E-state index >= 15 is 0 Å². The Labute approximate surface area is 53.2 Å². The average Bonchev–Trinajstić information content (AvgIpc) is 1.00. The van der Waals surface area contributed by atoms with Gasteiger partial charge in [0.1, 0.15) is 0 Å². The Balaban J connectivity index is -0.00000000500. The summed E-state index contributed by atoms with van der Waals surface area (Å²) in [7, 11) is 0. The van der Waals surface area contributed by atoms with Gasteiger partial charge in [-0.05, 0) is 0 Å². The van der Waals surface area contributed by atoms with Crippen LogP contribution >= 0.6 is 0 Å². The first kappa shape index (κ1) is 20.1. The fraction of sp³-hybridized carbons (Fsp3) is 0. The first-order chi connectivity index (χ1) is 1.00. The van der Waals surface area contributed by atoms with E-state index < -0.39 is 0 Å². The zero-order valence-electron chi connectivity index (χ0n) is 2.37. The molecule has 0 spiro atoms. The smallest absolute Gasteiger partial charge is 1.00 e. The summed E-state index contributed by atoms with van der Waals surface area (Å²) in [5.41, 5.74) is 0. The van der Waals surface area contributed by atoms with Crippen LogP contribution in [0.3, 0.4) is 0 Å². The monoisotopic (exact) mass is 130 g/mol. The predicted molar refractivity (Wildman–Crippen MR) is 15.7 cm³/mol. The largest absolute Gasteiger partial charge is 2.00 e. The van der Waals surface area contributed by atoms with Crippen LogP contribution in [0.25, 0.3) is 0 Å². The Morgan fingerprint density at radius 1 is 1.25 bits per heavy atom. The van der Waals surface area contributed by atoms with Gasteiger partial charge < -0.3 is 23.6 Å². The zero-order valence-corrected chi connectivity index (χ0v) is 5.37. The van der Waals surface area contributed by atoms with Crippen molar-refractivity contribution in [1.29, 1.82) is 0 Å². The van der Waals surface area contributed by atoms with Gasteiger partial charge in [-0.15, -0.1) is 0 Å². The minimum Gasteiger partial charge on any atom is -1.00 e. The minimum absolute atomic E-state index is 0. The molecule has 0 aliphatic rings. The van der Waals surface area contributed by atoms with Crippen molar-refractivity contribution in [2.45, 2.75) is 0 Å². The normalized spacial score (nSPS) is 1.00. The molecule has 0 saturated carbocycles. The molecule has 0 saturated heterocycles. The van der Waals surface area contributed by atoms with E-state index in [4.69, 9.17) is 0 Å². The van der Waals surface area contributed by atoms with Gasteiger partial charge in [-0.1, -0.05) is 0 Å². The van der Waals surface area contributed by atoms with Crippen LogP contribution in [-0.4, -0.2) is 23.1 Å². The molecule has 0 nitrogen and oxygen atoms in total. The van der Waals surface area contributed by atoms with Crippen molar-refractivity contribution in [2.75, 3.05) is 0 Å². The maximum Gasteiger partial charge on any atom is 2.00 e. The van der Waals surface area contributed by atoms with E-state index in [0.717, 1.165) is 0 Å². The molecule has 0 rings (SSSR count). The molecular formula is C2H3BrMg. The summed E-state index contributed by atoms with van der Waals surface area (Å²) in [6.07, 6.45) is 0. The molecule has 0 radical (unpaired) electrons. The van der Waals surface area contributed by atoms with Crippen LogP contribution in [0.5, 0.6) is 0 Å². The Bertz CT molecular complexity index is 6.00. The van der Waals surface area contributed by atoms with Crippen molar-refractivity contribution in [3.8, 4) is 0 Å². The minimum atomic E-state index is 0. The third-order valence-corrected chi connectivity index (χ3v) is 0. The SMILES string of the molecule is [Br-].[CH-]=C.[Mg+2]. The Morgan fingerprint density at radius 2 is 1.25 bits per heavy atom. The van der Waals surface area contributed by atoms with Crippen LogP contribution < -0.4 is 17.0 Å². The van der Waals surface area contributed by atoms with E-state index in [9.17, 15) is 0 Å². The molecular weight excluding hydrogens is 128 g/mol. The topological polar surface area (TPSA) is 0 Å². The number of hydrogen-bond acceptors (Lipinski definition) is 0. The maximum absolute atomic E-state index is 4.25. The molecule has 0 N–H and O–H groups in total. The number of halogens is 1. The molecule has 0 atom stereocenters. The Kier molecular flexibility index (Phi) is 183. The van der Waals surface area contributed by atoms with Gasteiger partial charge in [0.05, 0.1) is 0 Å². The first-order valence-corrected chi connectivity index (χ1v) is 0.408. The summed E-state index contributed by atoms with van der Waals surface area (Å²) >= 11 is 0. The molecule has 0 aromatic carbocycles. The fourth-order valence-electron chi connectivity index (χ4n) is 0. The van der Waals surface area contributed by atoms with Crippen molar-refractivity contribution in [3.63, 3.8) is 0 Å². The van der Waals surface area contributed by atoms with Gasteiger partial charge in [0.25, 0.3) is 0 Å². The molecule has 0 aliphatic heterocycles. The third kappa shape index (κ3) is 12.1.